The van der Waals surface area contributed by atoms with Crippen LogP contribution in [-0.2, 0) is 16.8 Å². The van der Waals surface area contributed by atoms with E-state index in [-0.39, 0.29) is 25.0 Å². The second kappa shape index (κ2) is 5.95. The average molecular weight is 313 g/mol. The zero-order valence-corrected chi connectivity index (χ0v) is 13.4. The quantitative estimate of drug-likeness (QED) is 0.737. The predicted molar refractivity (Wildman–Crippen MR) is 86.4 cm³/mol. The molecule has 2 aliphatic rings. The normalized spacial score (nSPS) is 25.3. The predicted octanol–water partition coefficient (Wildman–Crippen LogP) is 1.22. The lowest BCUT2D eigenvalue weighted by Crippen LogP contribution is -2.53. The molecule has 1 aromatic rings. The van der Waals surface area contributed by atoms with Gasteiger partial charge in [0, 0.05) is 0 Å². The number of nitrogens with one attached hydrogen (secondary N) is 2. The summed E-state index contributed by atoms with van der Waals surface area (Å²) in [5, 5.41) is 25.3. The first-order valence-corrected chi connectivity index (χ1v) is 8.19. The van der Waals surface area contributed by atoms with Gasteiger partial charge in [-0.25, -0.2) is 0 Å². The van der Waals surface area contributed by atoms with Gasteiger partial charge >= 0.3 is 0 Å². The minimum Gasteiger partial charge on any atom is -0.394 e. The molecule has 122 valence electrons. The van der Waals surface area contributed by atoms with Gasteiger partial charge in [0.05, 0.1) is 24.8 Å². The lowest BCUT2D eigenvalue weighted by molar-refractivity contribution is -0.122. The van der Waals surface area contributed by atoms with Crippen LogP contribution in [0, 0.1) is 17.2 Å². The zero-order chi connectivity index (χ0) is 16.5. The number of aliphatic hydroxyl groups excluding tert-OH is 1. The highest BCUT2D eigenvalue weighted by molar-refractivity contribution is 5.79. The van der Waals surface area contributed by atoms with Crippen LogP contribution in [0.25, 0.3) is 0 Å². The van der Waals surface area contributed by atoms with E-state index in [9.17, 15) is 15.2 Å². The molecule has 3 N–H and O–H groups in total. The van der Waals surface area contributed by atoms with Gasteiger partial charge < -0.3 is 10.4 Å². The number of benzene rings is 1. The highest BCUT2D eigenvalue weighted by atomic mass is 16.3. The Bertz CT molecular complexity index is 650. The van der Waals surface area contributed by atoms with Crippen molar-refractivity contribution in [2.24, 2.45) is 5.92 Å². The first-order valence-electron chi connectivity index (χ1n) is 8.19. The third-order valence-corrected chi connectivity index (χ3v) is 5.24. The minimum absolute atomic E-state index is 0.0462. The van der Waals surface area contributed by atoms with E-state index in [2.05, 4.69) is 22.8 Å². The maximum Gasteiger partial charge on any atom is 0.235 e. The van der Waals surface area contributed by atoms with Crippen molar-refractivity contribution >= 4 is 5.91 Å². The van der Waals surface area contributed by atoms with Crippen molar-refractivity contribution in [3.63, 3.8) is 0 Å². The summed E-state index contributed by atoms with van der Waals surface area (Å²) < 4.78 is 0. The summed E-state index contributed by atoms with van der Waals surface area (Å²) in [6.45, 7) is 1.84. The van der Waals surface area contributed by atoms with E-state index in [1.165, 1.54) is 5.56 Å². The van der Waals surface area contributed by atoms with Gasteiger partial charge in [-0.2, -0.15) is 5.26 Å². The molecule has 0 bridgehead atoms. The monoisotopic (exact) mass is 313 g/mol. The second-order valence-corrected chi connectivity index (χ2v) is 6.89. The van der Waals surface area contributed by atoms with E-state index < -0.39 is 11.1 Å². The summed E-state index contributed by atoms with van der Waals surface area (Å²) in [7, 11) is 0. The van der Waals surface area contributed by atoms with Crippen LogP contribution in [0.5, 0.6) is 0 Å². The van der Waals surface area contributed by atoms with Crippen LogP contribution in [0.4, 0.5) is 0 Å². The van der Waals surface area contributed by atoms with Crippen LogP contribution in [0.15, 0.2) is 24.3 Å². The summed E-state index contributed by atoms with van der Waals surface area (Å²) in [6.07, 6.45) is 3.65. The molecule has 1 fully saturated rings. The maximum atomic E-state index is 12.3. The summed E-state index contributed by atoms with van der Waals surface area (Å²) in [6, 6.07) is 10.2. The van der Waals surface area contributed by atoms with Crippen molar-refractivity contribution in [3.8, 4) is 6.07 Å². The van der Waals surface area contributed by atoms with E-state index >= 15 is 0 Å². The zero-order valence-electron chi connectivity index (χ0n) is 13.4. The molecule has 2 atom stereocenters. The molecule has 1 amide bonds. The number of hydrogen-bond acceptors (Lipinski definition) is 4. The maximum absolute atomic E-state index is 12.3. The Kier molecular flexibility index (Phi) is 4.13. The molecule has 0 saturated heterocycles. The van der Waals surface area contributed by atoms with Gasteiger partial charge in [-0.1, -0.05) is 24.3 Å². The van der Waals surface area contributed by atoms with Crippen LogP contribution >= 0.6 is 0 Å². The Labute approximate surface area is 136 Å². The van der Waals surface area contributed by atoms with Crippen molar-refractivity contribution in [3.05, 3.63) is 35.4 Å². The first kappa shape index (κ1) is 16.0. The Morgan fingerprint density at radius 1 is 1.48 bits per heavy atom. The smallest absolute Gasteiger partial charge is 0.235 e. The topological polar surface area (TPSA) is 85.2 Å². The Hall–Kier alpha value is -1.90. The molecule has 0 aliphatic heterocycles. The summed E-state index contributed by atoms with van der Waals surface area (Å²) in [5.41, 5.74) is 0.949. The van der Waals surface area contributed by atoms with E-state index in [1.807, 2.05) is 18.2 Å². The Morgan fingerprint density at radius 2 is 2.22 bits per heavy atom. The molecule has 0 aromatic heterocycles. The minimum atomic E-state index is -0.779. The van der Waals surface area contributed by atoms with E-state index in [0.717, 1.165) is 31.2 Å². The Balaban J connectivity index is 1.65. The number of fused-ring (bicyclic) bond motifs is 1. The number of hydrogen-bond donors (Lipinski definition) is 3. The van der Waals surface area contributed by atoms with Gasteiger partial charge in [-0.3, -0.25) is 10.1 Å². The van der Waals surface area contributed by atoms with Crippen molar-refractivity contribution in [1.82, 2.24) is 10.6 Å². The molecule has 0 heterocycles. The van der Waals surface area contributed by atoms with Gasteiger partial charge in [0.15, 0.2) is 0 Å². The van der Waals surface area contributed by atoms with Crippen molar-refractivity contribution in [2.45, 2.75) is 43.7 Å². The molecule has 5 heteroatoms. The molecular formula is C18H23N3O2. The molecule has 3 rings (SSSR count). The van der Waals surface area contributed by atoms with Crippen LogP contribution in [0.2, 0.25) is 0 Å². The third kappa shape index (κ3) is 2.97. The molecule has 1 aromatic carbocycles. The van der Waals surface area contributed by atoms with Gasteiger partial charge in [0.1, 0.15) is 5.54 Å². The molecule has 2 aliphatic carbocycles. The number of nitrogens with zero attached hydrogens (tertiary/aromatic N) is 1. The number of carbonyl (C=O) groups excluding carboxylic acids is 1. The van der Waals surface area contributed by atoms with Crippen molar-refractivity contribution < 1.29 is 9.90 Å². The van der Waals surface area contributed by atoms with E-state index in [1.54, 1.807) is 6.92 Å². The van der Waals surface area contributed by atoms with E-state index in [4.69, 9.17) is 0 Å². The summed E-state index contributed by atoms with van der Waals surface area (Å²) in [5.74, 6) is 0.0635. The van der Waals surface area contributed by atoms with Crippen LogP contribution in [0.1, 0.15) is 37.3 Å². The standard InChI is InChI=1S/C18H23N3O2/c1-17(11-19,14-6-7-14)21-16(23)10-20-18(12-22)9-8-13-4-2-3-5-15(13)18/h2-5,14,20,22H,6-10,12H2,1H3,(H,21,23). The number of amides is 1. The fourth-order valence-corrected chi connectivity index (χ4v) is 3.56. The number of carbonyl (C=O) groups is 1. The van der Waals surface area contributed by atoms with Gasteiger partial charge in [-0.05, 0) is 49.7 Å². The van der Waals surface area contributed by atoms with Gasteiger partial charge in [0.25, 0.3) is 0 Å². The van der Waals surface area contributed by atoms with Crippen molar-refractivity contribution in [1.29, 1.82) is 5.26 Å². The van der Waals surface area contributed by atoms with Crippen LogP contribution in [0.3, 0.4) is 0 Å². The Morgan fingerprint density at radius 3 is 2.87 bits per heavy atom. The number of aliphatic hydroxyl groups is 1. The fraction of sp³-hybridized carbons (Fsp3) is 0.556. The molecule has 23 heavy (non-hydrogen) atoms. The average Bonchev–Trinajstić information content (AvgIpc) is 3.36. The number of aryl methyl sites for hydroxylation is 1. The van der Waals surface area contributed by atoms with Gasteiger partial charge in [-0.15, -0.1) is 0 Å². The first-order chi connectivity index (χ1) is 11.0. The largest absolute Gasteiger partial charge is 0.394 e. The number of nitriles is 1. The second-order valence-electron chi connectivity index (χ2n) is 6.89. The molecule has 0 radical (unpaired) electrons. The van der Waals surface area contributed by atoms with Crippen molar-refractivity contribution in [2.75, 3.05) is 13.2 Å². The molecule has 1 saturated carbocycles. The highest BCUT2D eigenvalue weighted by Gasteiger charge is 2.43. The van der Waals surface area contributed by atoms with E-state index in [0.29, 0.717) is 0 Å². The SMILES string of the molecule is CC(C#N)(NC(=O)CNC1(CO)CCc2ccccc21)C1CC1. The summed E-state index contributed by atoms with van der Waals surface area (Å²) >= 11 is 0. The molecular weight excluding hydrogens is 290 g/mol. The molecule has 0 spiro atoms. The fourth-order valence-electron chi connectivity index (χ4n) is 3.56. The number of rotatable bonds is 6. The molecule has 2 unspecified atom stereocenters. The lowest BCUT2D eigenvalue weighted by atomic mass is 9.92. The van der Waals surface area contributed by atoms with Crippen LogP contribution in [-0.4, -0.2) is 29.7 Å². The lowest BCUT2D eigenvalue weighted by Gasteiger charge is -2.30. The molecule has 5 nitrogen and oxygen atoms in total. The summed E-state index contributed by atoms with van der Waals surface area (Å²) in [4.78, 5) is 12.3. The van der Waals surface area contributed by atoms with Gasteiger partial charge in [0.2, 0.25) is 5.91 Å². The third-order valence-electron chi connectivity index (χ3n) is 5.24. The highest BCUT2D eigenvalue weighted by Crippen LogP contribution is 2.39. The van der Waals surface area contributed by atoms with Crippen LogP contribution < -0.4 is 10.6 Å².